The molecule has 0 atom stereocenters. The molecule has 10 aromatic rings. The fraction of sp³-hybridized carbons (Fsp3) is 0. The molecule has 3 aromatic heterocycles. The van der Waals surface area contributed by atoms with Gasteiger partial charge in [-0.25, -0.2) is 0 Å². The molecule has 0 saturated heterocycles. The van der Waals surface area contributed by atoms with Gasteiger partial charge >= 0.3 is 0 Å². The normalized spacial score (nSPS) is 11.6. The van der Waals surface area contributed by atoms with Gasteiger partial charge in [-0.1, -0.05) is 78.9 Å². The second-order valence-electron chi connectivity index (χ2n) is 12.4. The Bertz CT molecular complexity index is 3050. The van der Waals surface area contributed by atoms with Gasteiger partial charge in [-0.05, 0) is 72.8 Å². The summed E-state index contributed by atoms with van der Waals surface area (Å²) in [6, 6.07) is 57.0. The van der Waals surface area contributed by atoms with E-state index in [4.69, 9.17) is 0 Å². The molecule has 0 amide bonds. The molecule has 10 rings (SSSR count). The van der Waals surface area contributed by atoms with Gasteiger partial charge in [-0.3, -0.25) is 0 Å². The van der Waals surface area contributed by atoms with Crippen molar-refractivity contribution in [3.8, 4) is 29.2 Å². The van der Waals surface area contributed by atoms with Gasteiger partial charge in [-0.15, -0.1) is 0 Å². The lowest BCUT2D eigenvalue weighted by Gasteiger charge is -2.11. The van der Waals surface area contributed by atoms with E-state index in [1.165, 1.54) is 16.2 Å². The summed E-state index contributed by atoms with van der Waals surface area (Å²) in [5.41, 5.74) is 10.8. The maximum Gasteiger partial charge on any atom is 0.101 e. The SMILES string of the molecule is N#Cc1ccc(-n2c3ccccc3c3c2ccc2c4ccc5c(c6ccccc6n5-c5ccccc5C#N)c4n(-c4ccccc4)c23)cc1. The third-order valence-electron chi connectivity index (χ3n) is 9.89. The Labute approximate surface area is 280 Å². The van der Waals surface area contributed by atoms with Crippen molar-refractivity contribution in [3.05, 3.63) is 163 Å². The van der Waals surface area contributed by atoms with Crippen molar-refractivity contribution in [1.82, 2.24) is 13.7 Å². The zero-order chi connectivity index (χ0) is 32.6. The van der Waals surface area contributed by atoms with Gasteiger partial charge in [0, 0.05) is 43.7 Å². The first-order valence-corrected chi connectivity index (χ1v) is 16.2. The number of nitriles is 2. The maximum atomic E-state index is 10.1. The Morgan fingerprint density at radius 3 is 1.53 bits per heavy atom. The topological polar surface area (TPSA) is 62.4 Å². The van der Waals surface area contributed by atoms with Crippen LogP contribution in [0.4, 0.5) is 0 Å². The van der Waals surface area contributed by atoms with Crippen LogP contribution >= 0.6 is 0 Å². The summed E-state index contributed by atoms with van der Waals surface area (Å²) >= 11 is 0. The Morgan fingerprint density at radius 2 is 0.898 bits per heavy atom. The number of fused-ring (bicyclic) bond motifs is 11. The zero-order valence-electron chi connectivity index (χ0n) is 26.2. The van der Waals surface area contributed by atoms with E-state index >= 15 is 0 Å². The van der Waals surface area contributed by atoms with Crippen molar-refractivity contribution >= 4 is 65.4 Å². The Kier molecular flexibility index (Phi) is 5.64. The van der Waals surface area contributed by atoms with Gasteiger partial charge in [0.05, 0.1) is 56.0 Å². The predicted octanol–water partition coefficient (Wildman–Crippen LogP) is 10.7. The van der Waals surface area contributed by atoms with Crippen molar-refractivity contribution in [2.75, 3.05) is 0 Å². The van der Waals surface area contributed by atoms with Crippen LogP contribution in [0.1, 0.15) is 11.1 Å². The lowest BCUT2D eigenvalue weighted by atomic mass is 10.1. The molecule has 0 aliphatic carbocycles. The Balaban J connectivity index is 1.45. The van der Waals surface area contributed by atoms with Gasteiger partial charge in [0.1, 0.15) is 6.07 Å². The zero-order valence-corrected chi connectivity index (χ0v) is 26.2. The van der Waals surface area contributed by atoms with Crippen LogP contribution in [0.3, 0.4) is 0 Å². The Hall–Kier alpha value is -7.08. The molecule has 0 aliphatic heterocycles. The van der Waals surface area contributed by atoms with Crippen molar-refractivity contribution in [3.63, 3.8) is 0 Å². The van der Waals surface area contributed by atoms with E-state index < -0.39 is 0 Å². The molecule has 0 radical (unpaired) electrons. The summed E-state index contributed by atoms with van der Waals surface area (Å²) in [7, 11) is 0. The Morgan fingerprint density at radius 1 is 0.367 bits per heavy atom. The number of benzene rings is 7. The molecule has 0 saturated carbocycles. The molecule has 0 fully saturated rings. The maximum absolute atomic E-state index is 10.1. The monoisotopic (exact) mass is 623 g/mol. The van der Waals surface area contributed by atoms with E-state index in [2.05, 4.69) is 129 Å². The van der Waals surface area contributed by atoms with Gasteiger partial charge in [-0.2, -0.15) is 10.5 Å². The minimum absolute atomic E-state index is 0.631. The first kappa shape index (κ1) is 27.1. The lowest BCUT2D eigenvalue weighted by molar-refractivity contribution is 1.16. The summed E-state index contributed by atoms with van der Waals surface area (Å²) in [6.07, 6.45) is 0. The summed E-state index contributed by atoms with van der Waals surface area (Å²) in [5.74, 6) is 0. The molecular weight excluding hydrogens is 599 g/mol. The van der Waals surface area contributed by atoms with E-state index in [1.54, 1.807) is 0 Å². The van der Waals surface area contributed by atoms with Gasteiger partial charge in [0.25, 0.3) is 0 Å². The largest absolute Gasteiger partial charge is 0.309 e. The summed E-state index contributed by atoms with van der Waals surface area (Å²) in [4.78, 5) is 0. The number of nitrogens with zero attached hydrogens (tertiary/aromatic N) is 5. The average Bonchev–Trinajstić information content (AvgIpc) is 3.80. The van der Waals surface area contributed by atoms with Crippen LogP contribution in [0.2, 0.25) is 0 Å². The fourth-order valence-electron chi connectivity index (χ4n) is 7.92. The van der Waals surface area contributed by atoms with Crippen LogP contribution in [-0.2, 0) is 0 Å². The molecule has 0 N–H and O–H groups in total. The average molecular weight is 624 g/mol. The van der Waals surface area contributed by atoms with Crippen molar-refractivity contribution < 1.29 is 0 Å². The third-order valence-corrected chi connectivity index (χ3v) is 9.89. The molecule has 0 aliphatic rings. The summed E-state index contributed by atoms with van der Waals surface area (Å²) < 4.78 is 6.98. The van der Waals surface area contributed by atoms with Crippen LogP contribution in [0.25, 0.3) is 82.5 Å². The first-order chi connectivity index (χ1) is 24.3. The molecule has 49 heavy (non-hydrogen) atoms. The highest BCUT2D eigenvalue weighted by Gasteiger charge is 2.24. The van der Waals surface area contributed by atoms with E-state index in [0.717, 1.165) is 66.3 Å². The predicted molar refractivity (Wildman–Crippen MR) is 199 cm³/mol. The smallest absolute Gasteiger partial charge is 0.101 e. The van der Waals surface area contributed by atoms with Crippen molar-refractivity contribution in [1.29, 1.82) is 10.5 Å². The second kappa shape index (κ2) is 10.2. The molecule has 5 nitrogen and oxygen atoms in total. The molecule has 0 spiro atoms. The number of para-hydroxylation sites is 4. The summed E-state index contributed by atoms with van der Waals surface area (Å²) in [6.45, 7) is 0. The third kappa shape index (κ3) is 3.67. The molecule has 0 bridgehead atoms. The molecule has 226 valence electrons. The lowest BCUT2D eigenvalue weighted by Crippen LogP contribution is -1.97. The van der Waals surface area contributed by atoms with Crippen LogP contribution in [0.5, 0.6) is 0 Å². The molecule has 3 heterocycles. The minimum Gasteiger partial charge on any atom is -0.309 e. The number of aromatic nitrogens is 3. The van der Waals surface area contributed by atoms with Gasteiger partial charge in [0.15, 0.2) is 0 Å². The van der Waals surface area contributed by atoms with Crippen LogP contribution in [0, 0.1) is 22.7 Å². The van der Waals surface area contributed by atoms with Crippen molar-refractivity contribution in [2.24, 2.45) is 0 Å². The minimum atomic E-state index is 0.631. The fourth-order valence-corrected chi connectivity index (χ4v) is 7.92. The van der Waals surface area contributed by atoms with Gasteiger partial charge < -0.3 is 13.7 Å². The molecular formula is C44H25N5. The van der Waals surface area contributed by atoms with E-state index in [9.17, 15) is 10.5 Å². The highest BCUT2D eigenvalue weighted by atomic mass is 15.0. The highest BCUT2D eigenvalue weighted by molar-refractivity contribution is 6.31. The van der Waals surface area contributed by atoms with E-state index in [-0.39, 0.29) is 0 Å². The van der Waals surface area contributed by atoms with E-state index in [1.807, 2.05) is 48.5 Å². The first-order valence-electron chi connectivity index (χ1n) is 16.2. The van der Waals surface area contributed by atoms with Crippen LogP contribution in [-0.4, -0.2) is 13.7 Å². The highest BCUT2D eigenvalue weighted by Crippen LogP contribution is 2.46. The van der Waals surface area contributed by atoms with Crippen LogP contribution < -0.4 is 0 Å². The number of hydrogen-bond acceptors (Lipinski definition) is 2. The molecule has 0 unspecified atom stereocenters. The summed E-state index contributed by atoms with van der Waals surface area (Å²) in [5, 5.41) is 26.6. The van der Waals surface area contributed by atoms with Gasteiger partial charge in [0.2, 0.25) is 0 Å². The quantitative estimate of drug-likeness (QED) is 0.197. The molecule has 5 heteroatoms. The van der Waals surface area contributed by atoms with Crippen molar-refractivity contribution in [2.45, 2.75) is 0 Å². The standard InChI is InChI=1S/C44H25N5/c45-26-28-18-20-31(21-19-28)47-37-16-8-5-13-34(37)41-39(47)24-22-32-33-23-25-40-42(44(33)48(43(32)41)30-11-2-1-3-12-30)35-14-6-9-17-38(35)49(40)36-15-7-4-10-29(36)27-46/h1-25H. The van der Waals surface area contributed by atoms with Crippen LogP contribution in [0.15, 0.2) is 152 Å². The molecule has 7 aromatic carbocycles. The van der Waals surface area contributed by atoms with E-state index in [0.29, 0.717) is 11.1 Å². The second-order valence-corrected chi connectivity index (χ2v) is 12.4. The number of hydrogen-bond donors (Lipinski definition) is 0. The number of rotatable bonds is 3.